The Hall–Kier alpha value is -2.27. The van der Waals surface area contributed by atoms with Crippen LogP contribution in [0.3, 0.4) is 0 Å². The summed E-state index contributed by atoms with van der Waals surface area (Å²) in [7, 11) is 0. The Morgan fingerprint density at radius 3 is 2.52 bits per heavy atom. The van der Waals surface area contributed by atoms with Crippen LogP contribution in [0.2, 0.25) is 0 Å². The van der Waals surface area contributed by atoms with Crippen LogP contribution in [0, 0.1) is 11.3 Å². The molecule has 1 heterocycles. The summed E-state index contributed by atoms with van der Waals surface area (Å²) in [4.78, 5) is 25.1. The molecular weight excluding hydrogens is 300 g/mol. The lowest BCUT2D eigenvalue weighted by Crippen LogP contribution is -2.41. The third-order valence-electron chi connectivity index (χ3n) is 2.83. The van der Waals surface area contributed by atoms with Crippen LogP contribution in [-0.4, -0.2) is 61.9 Å². The minimum Gasteiger partial charge on any atom is -0.444 e. The molecule has 1 aliphatic heterocycles. The van der Waals surface area contributed by atoms with Gasteiger partial charge in [-0.05, 0) is 20.8 Å². The fourth-order valence-corrected chi connectivity index (χ4v) is 1.80. The van der Waals surface area contributed by atoms with E-state index in [4.69, 9.17) is 14.7 Å². The van der Waals surface area contributed by atoms with Gasteiger partial charge in [0.05, 0.1) is 13.2 Å². The minimum atomic E-state index is -0.546. The first-order chi connectivity index (χ1) is 10.8. The number of hydrogen-bond donors (Lipinski definition) is 2. The molecule has 23 heavy (non-hydrogen) atoms. The second kappa shape index (κ2) is 9.00. The van der Waals surface area contributed by atoms with Crippen molar-refractivity contribution in [1.29, 1.82) is 5.26 Å². The average molecular weight is 324 g/mol. The Labute approximate surface area is 136 Å². The van der Waals surface area contributed by atoms with Crippen LogP contribution >= 0.6 is 0 Å². The van der Waals surface area contributed by atoms with Gasteiger partial charge in [-0.25, -0.2) is 4.79 Å². The fourth-order valence-electron chi connectivity index (χ4n) is 1.80. The normalized spacial score (nSPS) is 15.6. The molecule has 1 rings (SSSR count). The van der Waals surface area contributed by atoms with Crippen LogP contribution in [0.4, 0.5) is 4.79 Å². The molecule has 0 bridgehead atoms. The summed E-state index contributed by atoms with van der Waals surface area (Å²) in [6.07, 6.45) is 0.863. The molecule has 0 aromatic heterocycles. The molecular formula is C15H24N4O4. The number of ether oxygens (including phenoxy) is 2. The van der Waals surface area contributed by atoms with E-state index in [1.54, 1.807) is 25.7 Å². The van der Waals surface area contributed by atoms with Crippen molar-refractivity contribution < 1.29 is 19.1 Å². The van der Waals surface area contributed by atoms with Crippen molar-refractivity contribution in [3.63, 3.8) is 0 Å². The van der Waals surface area contributed by atoms with Crippen LogP contribution in [0.15, 0.2) is 11.8 Å². The van der Waals surface area contributed by atoms with Gasteiger partial charge in [0, 0.05) is 32.4 Å². The lowest BCUT2D eigenvalue weighted by atomic mass is 10.2. The van der Waals surface area contributed by atoms with Crippen LogP contribution in [0.1, 0.15) is 20.8 Å². The van der Waals surface area contributed by atoms with Crippen molar-refractivity contribution in [3.05, 3.63) is 11.8 Å². The summed E-state index contributed by atoms with van der Waals surface area (Å²) in [6.45, 7) is 7.97. The third kappa shape index (κ3) is 7.51. The van der Waals surface area contributed by atoms with E-state index in [0.717, 1.165) is 0 Å². The molecule has 0 aromatic rings. The van der Waals surface area contributed by atoms with E-state index in [0.29, 0.717) is 39.4 Å². The highest BCUT2D eigenvalue weighted by Crippen LogP contribution is 2.06. The number of morpholine rings is 1. The first kappa shape index (κ1) is 18.8. The number of rotatable bonds is 5. The van der Waals surface area contributed by atoms with Crippen molar-refractivity contribution in [2.24, 2.45) is 0 Å². The molecule has 0 radical (unpaired) electrons. The summed E-state index contributed by atoms with van der Waals surface area (Å²) in [5, 5.41) is 14.5. The zero-order valence-electron chi connectivity index (χ0n) is 13.8. The van der Waals surface area contributed by atoms with E-state index in [9.17, 15) is 9.59 Å². The minimum absolute atomic E-state index is 0.0316. The first-order valence-electron chi connectivity index (χ1n) is 7.51. The van der Waals surface area contributed by atoms with Crippen molar-refractivity contribution in [1.82, 2.24) is 15.5 Å². The number of carbonyl (C=O) groups excluding carboxylic acids is 2. The van der Waals surface area contributed by atoms with E-state index in [1.807, 2.05) is 6.07 Å². The van der Waals surface area contributed by atoms with Gasteiger partial charge in [0.25, 0.3) is 5.91 Å². The summed E-state index contributed by atoms with van der Waals surface area (Å²) in [6, 6.07) is 1.88. The number of nitrogens with zero attached hydrogens (tertiary/aromatic N) is 2. The maximum atomic E-state index is 12.1. The molecule has 0 atom stereocenters. The van der Waals surface area contributed by atoms with Gasteiger partial charge in [-0.15, -0.1) is 0 Å². The fraction of sp³-hybridized carbons (Fsp3) is 0.667. The summed E-state index contributed by atoms with van der Waals surface area (Å²) in [5.41, 5.74) is -0.514. The lowest BCUT2D eigenvalue weighted by Gasteiger charge is -2.26. The predicted molar refractivity (Wildman–Crippen MR) is 83.3 cm³/mol. The molecule has 0 unspecified atom stereocenters. The van der Waals surface area contributed by atoms with Gasteiger partial charge < -0.3 is 25.0 Å². The molecule has 1 aliphatic rings. The molecule has 8 nitrogen and oxygen atoms in total. The highest BCUT2D eigenvalue weighted by atomic mass is 16.6. The largest absolute Gasteiger partial charge is 0.444 e. The number of nitriles is 1. The SMILES string of the molecule is CC(C)(C)OC(=O)NCCN/C=C(/C#N)C(=O)N1CCOCC1. The Bertz CT molecular complexity index is 485. The highest BCUT2D eigenvalue weighted by Gasteiger charge is 2.20. The lowest BCUT2D eigenvalue weighted by molar-refractivity contribution is -0.130. The van der Waals surface area contributed by atoms with Crippen LogP contribution in [-0.2, 0) is 14.3 Å². The van der Waals surface area contributed by atoms with Gasteiger partial charge in [-0.2, -0.15) is 5.26 Å². The third-order valence-corrected chi connectivity index (χ3v) is 2.83. The summed E-state index contributed by atoms with van der Waals surface area (Å²) in [5.74, 6) is -0.316. The van der Waals surface area contributed by atoms with Crippen molar-refractivity contribution in [3.8, 4) is 6.07 Å². The van der Waals surface area contributed by atoms with Gasteiger partial charge in [0.1, 0.15) is 17.2 Å². The standard InChI is InChI=1S/C15H24N4O4/c1-15(2,3)23-14(21)18-5-4-17-11-12(10-16)13(20)19-6-8-22-9-7-19/h11,17H,4-9H2,1-3H3,(H,18,21)/b12-11-. The maximum absolute atomic E-state index is 12.1. The number of carbonyl (C=O) groups is 2. The van der Waals surface area contributed by atoms with Gasteiger partial charge >= 0.3 is 6.09 Å². The molecule has 0 spiro atoms. The molecule has 2 N–H and O–H groups in total. The molecule has 0 aromatic carbocycles. The molecule has 0 aliphatic carbocycles. The van der Waals surface area contributed by atoms with E-state index in [1.165, 1.54) is 6.20 Å². The Morgan fingerprint density at radius 2 is 1.96 bits per heavy atom. The Kier molecular flexibility index (Phi) is 7.35. The number of amides is 2. The van der Waals surface area contributed by atoms with Crippen molar-refractivity contribution in [2.45, 2.75) is 26.4 Å². The Morgan fingerprint density at radius 1 is 1.30 bits per heavy atom. The number of alkyl carbamates (subject to hydrolysis) is 1. The molecule has 8 heteroatoms. The van der Waals surface area contributed by atoms with E-state index >= 15 is 0 Å². The van der Waals surface area contributed by atoms with Gasteiger partial charge in [0.2, 0.25) is 0 Å². The average Bonchev–Trinajstić information content (AvgIpc) is 2.49. The van der Waals surface area contributed by atoms with Gasteiger partial charge in [0.15, 0.2) is 0 Å². The van der Waals surface area contributed by atoms with Gasteiger partial charge in [-0.1, -0.05) is 0 Å². The zero-order chi connectivity index (χ0) is 17.3. The zero-order valence-corrected chi connectivity index (χ0v) is 13.8. The second-order valence-electron chi connectivity index (χ2n) is 5.96. The topological polar surface area (TPSA) is 104 Å². The highest BCUT2D eigenvalue weighted by molar-refractivity contribution is 5.97. The number of nitrogens with one attached hydrogen (secondary N) is 2. The quantitative estimate of drug-likeness (QED) is 0.430. The van der Waals surface area contributed by atoms with Crippen LogP contribution in [0.5, 0.6) is 0 Å². The van der Waals surface area contributed by atoms with Crippen LogP contribution < -0.4 is 10.6 Å². The molecule has 1 saturated heterocycles. The second-order valence-corrected chi connectivity index (χ2v) is 5.96. The molecule has 0 saturated carbocycles. The van der Waals surface area contributed by atoms with Crippen LogP contribution in [0.25, 0.3) is 0 Å². The maximum Gasteiger partial charge on any atom is 0.407 e. The predicted octanol–water partition coefficient (Wildman–Crippen LogP) is 0.367. The van der Waals surface area contributed by atoms with E-state index in [2.05, 4.69) is 10.6 Å². The summed E-state index contributed by atoms with van der Waals surface area (Å²) >= 11 is 0. The number of hydrogen-bond acceptors (Lipinski definition) is 6. The van der Waals surface area contributed by atoms with Crippen molar-refractivity contribution >= 4 is 12.0 Å². The summed E-state index contributed by atoms with van der Waals surface area (Å²) < 4.78 is 10.3. The Balaban J connectivity index is 2.32. The first-order valence-corrected chi connectivity index (χ1v) is 7.51. The smallest absolute Gasteiger partial charge is 0.407 e. The molecule has 1 fully saturated rings. The van der Waals surface area contributed by atoms with Gasteiger partial charge in [-0.3, -0.25) is 4.79 Å². The molecule has 2 amide bonds. The van der Waals surface area contributed by atoms with E-state index in [-0.39, 0.29) is 11.5 Å². The van der Waals surface area contributed by atoms with E-state index < -0.39 is 11.7 Å². The van der Waals surface area contributed by atoms with Crippen molar-refractivity contribution in [2.75, 3.05) is 39.4 Å². The monoisotopic (exact) mass is 324 g/mol. The molecule has 128 valence electrons.